The Balaban J connectivity index is 2.04. The minimum atomic E-state index is -3.55. The maximum atomic E-state index is 14.3. The molecule has 0 aliphatic heterocycles. The van der Waals surface area contributed by atoms with Gasteiger partial charge < -0.3 is 4.57 Å². The summed E-state index contributed by atoms with van der Waals surface area (Å²) in [7, 11) is -1.96. The number of nitrogens with one attached hydrogen (secondary N) is 1. The highest BCUT2D eigenvalue weighted by Gasteiger charge is 2.29. The predicted molar refractivity (Wildman–Crippen MR) is 105 cm³/mol. The van der Waals surface area contributed by atoms with Crippen LogP contribution >= 0.6 is 0 Å². The quantitative estimate of drug-likeness (QED) is 0.848. The van der Waals surface area contributed by atoms with E-state index in [2.05, 4.69) is 4.72 Å². The number of hydrogen-bond acceptors (Lipinski definition) is 3. The van der Waals surface area contributed by atoms with Gasteiger partial charge in [0.2, 0.25) is 10.0 Å². The van der Waals surface area contributed by atoms with Crippen LogP contribution in [0.4, 0.5) is 10.1 Å². The van der Waals surface area contributed by atoms with Crippen molar-refractivity contribution in [3.05, 3.63) is 62.8 Å². The summed E-state index contributed by atoms with van der Waals surface area (Å²) in [5.74, 6) is -0.368. The highest BCUT2D eigenvalue weighted by molar-refractivity contribution is 7.93. The van der Waals surface area contributed by atoms with E-state index in [0.717, 1.165) is 18.4 Å². The van der Waals surface area contributed by atoms with Crippen molar-refractivity contribution in [1.82, 2.24) is 4.57 Å². The molecule has 1 aliphatic rings. The van der Waals surface area contributed by atoms with E-state index in [-0.39, 0.29) is 17.8 Å². The Hall–Kier alpha value is -2.15. The second-order valence-electron chi connectivity index (χ2n) is 7.38. The number of benzene rings is 1. The Bertz CT molecular complexity index is 1020. The third kappa shape index (κ3) is 4.08. The average molecular weight is 392 g/mol. The Morgan fingerprint density at radius 1 is 1.19 bits per heavy atom. The number of anilines is 1. The lowest BCUT2D eigenvalue weighted by atomic mass is 10.0. The van der Waals surface area contributed by atoms with E-state index in [1.54, 1.807) is 39.1 Å². The van der Waals surface area contributed by atoms with Crippen LogP contribution in [0.3, 0.4) is 0 Å². The second-order valence-corrected chi connectivity index (χ2v) is 9.34. The summed E-state index contributed by atoms with van der Waals surface area (Å²) in [5, 5.41) is -0.418. The number of aryl methyl sites for hydroxylation is 2. The Morgan fingerprint density at radius 3 is 2.48 bits per heavy atom. The average Bonchev–Trinajstić information content (AvgIpc) is 3.13. The number of nitrogens with zero attached hydrogens (tertiary/aromatic N) is 1. The number of halogens is 1. The molecule has 0 saturated heterocycles. The fraction of sp³-hybridized carbons (Fsp3) is 0.450. The molecule has 3 rings (SSSR count). The van der Waals surface area contributed by atoms with Crippen LogP contribution in [0.1, 0.15) is 48.1 Å². The molecule has 2 aromatic rings. The van der Waals surface area contributed by atoms with Gasteiger partial charge in [-0.15, -0.1) is 0 Å². The van der Waals surface area contributed by atoms with E-state index >= 15 is 0 Å². The van der Waals surface area contributed by atoms with Crippen LogP contribution in [-0.4, -0.2) is 18.2 Å². The number of sulfonamides is 1. The summed E-state index contributed by atoms with van der Waals surface area (Å²) in [4.78, 5) is 12.4. The molecule has 0 atom stereocenters. The van der Waals surface area contributed by atoms with Crippen molar-refractivity contribution in [2.75, 3.05) is 4.72 Å². The highest BCUT2D eigenvalue weighted by atomic mass is 32.2. The zero-order chi connectivity index (χ0) is 19.8. The molecule has 1 aromatic carbocycles. The van der Waals surface area contributed by atoms with Crippen LogP contribution in [-0.2, 0) is 23.5 Å². The van der Waals surface area contributed by atoms with Gasteiger partial charge in [-0.1, -0.05) is 25.0 Å². The monoisotopic (exact) mass is 392 g/mol. The highest BCUT2D eigenvalue weighted by Crippen LogP contribution is 2.28. The first-order valence-corrected chi connectivity index (χ1v) is 10.7. The van der Waals surface area contributed by atoms with Gasteiger partial charge in [0.05, 0.1) is 10.9 Å². The molecule has 0 bridgehead atoms. The van der Waals surface area contributed by atoms with Crippen molar-refractivity contribution in [1.29, 1.82) is 0 Å². The molecule has 27 heavy (non-hydrogen) atoms. The smallest absolute Gasteiger partial charge is 0.253 e. The molecule has 1 aromatic heterocycles. The van der Waals surface area contributed by atoms with Crippen LogP contribution in [0.25, 0.3) is 0 Å². The van der Waals surface area contributed by atoms with Crippen molar-refractivity contribution < 1.29 is 12.8 Å². The van der Waals surface area contributed by atoms with E-state index in [9.17, 15) is 17.6 Å². The van der Waals surface area contributed by atoms with E-state index in [1.165, 1.54) is 10.6 Å². The number of hydrogen-bond donors (Lipinski definition) is 1. The third-order valence-electron chi connectivity index (χ3n) is 5.28. The lowest BCUT2D eigenvalue weighted by molar-refractivity contribution is 0.585. The van der Waals surface area contributed by atoms with Crippen molar-refractivity contribution in [2.24, 2.45) is 7.05 Å². The lowest BCUT2D eigenvalue weighted by Crippen LogP contribution is -2.29. The van der Waals surface area contributed by atoms with Gasteiger partial charge >= 0.3 is 0 Å². The van der Waals surface area contributed by atoms with Crippen LogP contribution in [0.2, 0.25) is 0 Å². The zero-order valence-corrected chi connectivity index (χ0v) is 16.7. The van der Waals surface area contributed by atoms with Crippen molar-refractivity contribution in [3.8, 4) is 0 Å². The van der Waals surface area contributed by atoms with Gasteiger partial charge in [0.1, 0.15) is 5.82 Å². The van der Waals surface area contributed by atoms with Crippen molar-refractivity contribution >= 4 is 15.7 Å². The van der Waals surface area contributed by atoms with Crippen molar-refractivity contribution in [3.63, 3.8) is 0 Å². The van der Waals surface area contributed by atoms with Crippen LogP contribution in [0.15, 0.2) is 29.1 Å². The third-order valence-corrected chi connectivity index (χ3v) is 7.13. The van der Waals surface area contributed by atoms with Gasteiger partial charge in [0.25, 0.3) is 5.56 Å². The standard InChI is InChI=1S/C20H25FN2O3S/c1-13-8-9-15(17(21)10-13)12-19-18(11-14(2)20(24)23(19)3)22-27(25,26)16-6-4-5-7-16/h8-11,16,22H,4-7,12H2,1-3H3. The maximum Gasteiger partial charge on any atom is 0.253 e. The lowest BCUT2D eigenvalue weighted by Gasteiger charge is -2.19. The topological polar surface area (TPSA) is 68.2 Å². The molecule has 1 N–H and O–H groups in total. The van der Waals surface area contributed by atoms with Gasteiger partial charge in [-0.05, 0) is 49.9 Å². The summed E-state index contributed by atoms with van der Waals surface area (Å²) < 4.78 is 43.9. The molecule has 0 amide bonds. The summed E-state index contributed by atoms with van der Waals surface area (Å²) in [6.07, 6.45) is 3.21. The number of aromatic nitrogens is 1. The molecule has 146 valence electrons. The molecule has 0 unspecified atom stereocenters. The van der Waals surface area contributed by atoms with Crippen LogP contribution in [0.5, 0.6) is 0 Å². The van der Waals surface area contributed by atoms with Gasteiger partial charge in [-0.3, -0.25) is 9.52 Å². The number of rotatable bonds is 5. The summed E-state index contributed by atoms with van der Waals surface area (Å²) in [6.45, 7) is 3.45. The van der Waals surface area contributed by atoms with E-state index in [4.69, 9.17) is 0 Å². The first kappa shape index (κ1) is 19.6. The molecule has 7 heteroatoms. The Labute approximate surface area is 159 Å². The maximum absolute atomic E-state index is 14.3. The first-order valence-electron chi connectivity index (χ1n) is 9.15. The fourth-order valence-corrected chi connectivity index (χ4v) is 5.25. The fourth-order valence-electron chi connectivity index (χ4n) is 3.64. The predicted octanol–water partition coefficient (Wildman–Crippen LogP) is 3.42. The molecule has 5 nitrogen and oxygen atoms in total. The van der Waals surface area contributed by atoms with Gasteiger partial charge in [0, 0.05) is 24.7 Å². The minimum Gasteiger partial charge on any atom is -0.313 e. The van der Waals surface area contributed by atoms with E-state index in [0.29, 0.717) is 35.3 Å². The van der Waals surface area contributed by atoms with Gasteiger partial charge in [-0.2, -0.15) is 0 Å². The summed E-state index contributed by atoms with van der Waals surface area (Å²) >= 11 is 0. The minimum absolute atomic E-state index is 0.126. The Kier molecular flexibility index (Phi) is 5.42. The van der Waals surface area contributed by atoms with Crippen LogP contribution < -0.4 is 10.3 Å². The Morgan fingerprint density at radius 2 is 1.85 bits per heavy atom. The van der Waals surface area contributed by atoms with E-state index < -0.39 is 15.3 Å². The largest absolute Gasteiger partial charge is 0.313 e. The SMILES string of the molecule is Cc1ccc(Cc2c(NS(=O)(=O)C3CCCC3)cc(C)c(=O)n2C)c(F)c1. The molecular formula is C20H25FN2O3S. The summed E-state index contributed by atoms with van der Waals surface area (Å²) in [6, 6.07) is 6.46. The van der Waals surface area contributed by atoms with Crippen LogP contribution in [0, 0.1) is 19.7 Å². The van der Waals surface area contributed by atoms with Crippen molar-refractivity contribution in [2.45, 2.75) is 51.2 Å². The normalized spacial score (nSPS) is 15.3. The second kappa shape index (κ2) is 7.46. The zero-order valence-electron chi connectivity index (χ0n) is 15.9. The molecule has 0 radical (unpaired) electrons. The van der Waals surface area contributed by atoms with Gasteiger partial charge in [0.15, 0.2) is 0 Å². The number of pyridine rings is 1. The summed E-state index contributed by atoms with van der Waals surface area (Å²) in [5.41, 5.74) is 2.24. The molecule has 0 spiro atoms. The van der Waals surface area contributed by atoms with E-state index in [1.807, 2.05) is 0 Å². The molecular weight excluding hydrogens is 367 g/mol. The van der Waals surface area contributed by atoms with Gasteiger partial charge in [-0.25, -0.2) is 12.8 Å². The molecule has 1 heterocycles. The molecule has 1 saturated carbocycles. The molecule has 1 aliphatic carbocycles. The molecule has 1 fully saturated rings. The first-order chi connectivity index (χ1) is 12.7.